The lowest BCUT2D eigenvalue weighted by atomic mass is 10.1. The van der Waals surface area contributed by atoms with Gasteiger partial charge in [0.2, 0.25) is 5.91 Å². The van der Waals surface area contributed by atoms with Gasteiger partial charge in [-0.05, 0) is 55.8 Å². The summed E-state index contributed by atoms with van der Waals surface area (Å²) in [6.45, 7) is 4.54. The van der Waals surface area contributed by atoms with Crippen molar-refractivity contribution in [3.05, 3.63) is 77.5 Å². The Morgan fingerprint density at radius 1 is 1.00 bits per heavy atom. The van der Waals surface area contributed by atoms with Crippen LogP contribution in [0.5, 0.6) is 5.75 Å². The fourth-order valence-corrected chi connectivity index (χ4v) is 4.79. The third-order valence-corrected chi connectivity index (χ3v) is 7.12. The Balaban J connectivity index is 1.34. The monoisotopic (exact) mass is 476 g/mol. The first-order chi connectivity index (χ1) is 16.0. The van der Waals surface area contributed by atoms with E-state index in [2.05, 4.69) is 15.5 Å². The first-order valence-electron chi connectivity index (χ1n) is 10.4. The molecule has 4 rings (SSSR count). The minimum absolute atomic E-state index is 0.0334. The maximum absolute atomic E-state index is 12.2. The minimum atomic E-state index is -0.0334. The molecule has 0 saturated carbocycles. The molecule has 0 spiro atoms. The third-order valence-electron chi connectivity index (χ3n) is 4.97. The molecule has 1 amide bonds. The van der Waals surface area contributed by atoms with E-state index >= 15 is 0 Å². The van der Waals surface area contributed by atoms with E-state index in [0.717, 1.165) is 38.1 Å². The standard InChI is InChI=1S/C25H24N4O2S2/c1-16-4-6-18(7-5-16)14-26-22(30)15-32-23-13-12-21(28-29-23)24-17(2)27-25(33-24)19-8-10-20(31-3)11-9-19/h4-13H,14-15H2,1-3H3,(H,26,30). The van der Waals surface area contributed by atoms with E-state index in [4.69, 9.17) is 9.72 Å². The van der Waals surface area contributed by atoms with E-state index in [9.17, 15) is 4.79 Å². The maximum atomic E-state index is 12.2. The normalized spacial score (nSPS) is 10.8. The summed E-state index contributed by atoms with van der Waals surface area (Å²) in [4.78, 5) is 17.9. The summed E-state index contributed by atoms with van der Waals surface area (Å²) >= 11 is 2.95. The zero-order chi connectivity index (χ0) is 23.2. The van der Waals surface area contributed by atoms with Crippen molar-refractivity contribution in [1.29, 1.82) is 0 Å². The topological polar surface area (TPSA) is 77.0 Å². The molecule has 0 atom stereocenters. The highest BCUT2D eigenvalue weighted by Gasteiger charge is 2.13. The van der Waals surface area contributed by atoms with Gasteiger partial charge in [-0.2, -0.15) is 0 Å². The number of amides is 1. The number of methoxy groups -OCH3 is 1. The van der Waals surface area contributed by atoms with Gasteiger partial charge in [-0.1, -0.05) is 41.6 Å². The summed E-state index contributed by atoms with van der Waals surface area (Å²) in [5.74, 6) is 1.07. The smallest absolute Gasteiger partial charge is 0.230 e. The molecule has 2 aromatic carbocycles. The molecular formula is C25H24N4O2S2. The van der Waals surface area contributed by atoms with E-state index in [0.29, 0.717) is 17.3 Å². The highest BCUT2D eigenvalue weighted by atomic mass is 32.2. The molecule has 1 N–H and O–H groups in total. The minimum Gasteiger partial charge on any atom is -0.497 e. The highest BCUT2D eigenvalue weighted by Crippen LogP contribution is 2.34. The summed E-state index contributed by atoms with van der Waals surface area (Å²) in [7, 11) is 1.65. The van der Waals surface area contributed by atoms with Crippen LogP contribution in [0.4, 0.5) is 0 Å². The van der Waals surface area contributed by atoms with E-state index in [1.807, 2.05) is 74.5 Å². The van der Waals surface area contributed by atoms with Crippen LogP contribution in [0.3, 0.4) is 0 Å². The molecule has 4 aromatic rings. The maximum Gasteiger partial charge on any atom is 0.230 e. The van der Waals surface area contributed by atoms with Crippen LogP contribution in [0.1, 0.15) is 16.8 Å². The predicted octanol–water partition coefficient (Wildman–Crippen LogP) is 5.30. The fourth-order valence-electron chi connectivity index (χ4n) is 3.11. The Morgan fingerprint density at radius 2 is 1.76 bits per heavy atom. The molecule has 0 saturated heterocycles. The van der Waals surface area contributed by atoms with Crippen LogP contribution in [-0.2, 0) is 11.3 Å². The SMILES string of the molecule is COc1ccc(-c2nc(C)c(-c3ccc(SCC(=O)NCc4ccc(C)cc4)nn3)s2)cc1. The Bertz CT molecular complexity index is 1220. The second kappa shape index (κ2) is 10.6. The summed E-state index contributed by atoms with van der Waals surface area (Å²) in [6.07, 6.45) is 0. The molecule has 0 aliphatic rings. The molecular weight excluding hydrogens is 452 g/mol. The predicted molar refractivity (Wildman–Crippen MR) is 134 cm³/mol. The molecule has 0 radical (unpaired) electrons. The van der Waals surface area contributed by atoms with Crippen molar-refractivity contribution in [2.45, 2.75) is 25.4 Å². The summed E-state index contributed by atoms with van der Waals surface area (Å²) in [5, 5.41) is 13.2. The number of hydrogen-bond acceptors (Lipinski definition) is 7. The van der Waals surface area contributed by atoms with Crippen molar-refractivity contribution >= 4 is 29.0 Å². The lowest BCUT2D eigenvalue weighted by Gasteiger charge is -2.05. The molecule has 2 heterocycles. The quantitative estimate of drug-likeness (QED) is 0.348. The van der Waals surface area contributed by atoms with Crippen molar-refractivity contribution in [3.63, 3.8) is 0 Å². The van der Waals surface area contributed by atoms with E-state index < -0.39 is 0 Å². The fraction of sp³-hybridized carbons (Fsp3) is 0.200. The summed E-state index contributed by atoms with van der Waals surface area (Å²) in [6, 6.07) is 19.8. The number of hydrogen-bond donors (Lipinski definition) is 1. The van der Waals surface area contributed by atoms with Crippen molar-refractivity contribution in [1.82, 2.24) is 20.5 Å². The van der Waals surface area contributed by atoms with Gasteiger partial charge in [0.15, 0.2) is 0 Å². The number of benzene rings is 2. The van der Waals surface area contributed by atoms with Gasteiger partial charge >= 0.3 is 0 Å². The largest absolute Gasteiger partial charge is 0.497 e. The molecule has 6 nitrogen and oxygen atoms in total. The molecule has 0 unspecified atom stereocenters. The van der Waals surface area contributed by atoms with Crippen LogP contribution in [0.2, 0.25) is 0 Å². The molecule has 0 fully saturated rings. The van der Waals surface area contributed by atoms with Crippen molar-refractivity contribution < 1.29 is 9.53 Å². The van der Waals surface area contributed by atoms with Gasteiger partial charge in [-0.15, -0.1) is 21.5 Å². The lowest BCUT2D eigenvalue weighted by molar-refractivity contribution is -0.118. The first kappa shape index (κ1) is 22.9. The third kappa shape index (κ3) is 5.97. The van der Waals surface area contributed by atoms with E-state index in [-0.39, 0.29) is 5.91 Å². The lowest BCUT2D eigenvalue weighted by Crippen LogP contribution is -2.24. The molecule has 8 heteroatoms. The number of ether oxygens (including phenoxy) is 1. The second-order valence-corrected chi connectivity index (χ2v) is 9.46. The van der Waals surface area contributed by atoms with E-state index in [1.54, 1.807) is 18.4 Å². The second-order valence-electron chi connectivity index (χ2n) is 7.47. The number of thioether (sulfide) groups is 1. The highest BCUT2D eigenvalue weighted by molar-refractivity contribution is 7.99. The van der Waals surface area contributed by atoms with Crippen LogP contribution >= 0.6 is 23.1 Å². The number of carbonyl (C=O) groups is 1. The zero-order valence-corrected chi connectivity index (χ0v) is 20.3. The summed E-state index contributed by atoms with van der Waals surface area (Å²) < 4.78 is 5.22. The van der Waals surface area contributed by atoms with Gasteiger partial charge in [0, 0.05) is 12.1 Å². The van der Waals surface area contributed by atoms with E-state index in [1.165, 1.54) is 17.3 Å². The number of carbonyl (C=O) groups excluding carboxylic acids is 1. The van der Waals surface area contributed by atoms with Gasteiger partial charge in [0.1, 0.15) is 21.5 Å². The van der Waals surface area contributed by atoms with Gasteiger partial charge in [-0.3, -0.25) is 4.79 Å². The first-order valence-corrected chi connectivity index (χ1v) is 12.2. The number of nitrogens with zero attached hydrogens (tertiary/aromatic N) is 3. The van der Waals surface area contributed by atoms with Crippen molar-refractivity contribution in [2.75, 3.05) is 12.9 Å². The van der Waals surface area contributed by atoms with Crippen LogP contribution in [0.25, 0.3) is 21.1 Å². The van der Waals surface area contributed by atoms with Crippen LogP contribution < -0.4 is 10.1 Å². The van der Waals surface area contributed by atoms with Gasteiger partial charge in [-0.25, -0.2) is 4.98 Å². The van der Waals surface area contributed by atoms with Crippen LogP contribution in [0.15, 0.2) is 65.7 Å². The van der Waals surface area contributed by atoms with Gasteiger partial charge < -0.3 is 10.1 Å². The van der Waals surface area contributed by atoms with Crippen LogP contribution in [0, 0.1) is 13.8 Å². The molecule has 168 valence electrons. The number of aromatic nitrogens is 3. The molecule has 0 bridgehead atoms. The Morgan fingerprint density at radius 3 is 2.42 bits per heavy atom. The number of aryl methyl sites for hydroxylation is 2. The number of thiazole rings is 1. The average Bonchev–Trinajstić information content (AvgIpc) is 3.24. The molecule has 2 aromatic heterocycles. The molecule has 0 aliphatic heterocycles. The molecule has 0 aliphatic carbocycles. The Hall–Kier alpha value is -3.23. The Kier molecular flexibility index (Phi) is 7.36. The zero-order valence-electron chi connectivity index (χ0n) is 18.7. The molecule has 33 heavy (non-hydrogen) atoms. The van der Waals surface area contributed by atoms with Gasteiger partial charge in [0.05, 0.1) is 23.4 Å². The van der Waals surface area contributed by atoms with Gasteiger partial charge in [0.25, 0.3) is 0 Å². The Labute approximate surface area is 201 Å². The van der Waals surface area contributed by atoms with Crippen LogP contribution in [-0.4, -0.2) is 34.0 Å². The number of nitrogens with one attached hydrogen (secondary N) is 1. The van der Waals surface area contributed by atoms with Crippen molar-refractivity contribution in [3.8, 4) is 26.9 Å². The average molecular weight is 477 g/mol. The number of rotatable bonds is 8. The summed E-state index contributed by atoms with van der Waals surface area (Å²) in [5.41, 5.74) is 5.01. The van der Waals surface area contributed by atoms with Crippen molar-refractivity contribution in [2.24, 2.45) is 0 Å².